The molecule has 2 aliphatic heterocycles. The average molecular weight is 282 g/mol. The summed E-state index contributed by atoms with van der Waals surface area (Å²) in [5, 5.41) is 0. The molecule has 0 unspecified atom stereocenters. The summed E-state index contributed by atoms with van der Waals surface area (Å²) in [5.41, 5.74) is 0. The summed E-state index contributed by atoms with van der Waals surface area (Å²) in [4.78, 5) is 0. The van der Waals surface area contributed by atoms with Crippen molar-refractivity contribution in [3.05, 3.63) is 0 Å². The fourth-order valence-corrected chi connectivity index (χ4v) is 7.75. The second-order valence-electron chi connectivity index (χ2n) is 4.12. The molecule has 0 bridgehead atoms. The molecule has 0 spiro atoms. The van der Waals surface area contributed by atoms with E-state index in [1.807, 2.05) is 0 Å². The predicted octanol–water partition coefficient (Wildman–Crippen LogP) is -0.0777. The van der Waals surface area contributed by atoms with E-state index in [4.69, 9.17) is 9.47 Å². The van der Waals surface area contributed by atoms with Gasteiger partial charge in [0.1, 0.15) is 0 Å². The number of hydrogen-bond donors (Lipinski definition) is 0. The van der Waals surface area contributed by atoms with Crippen LogP contribution in [0.3, 0.4) is 0 Å². The van der Waals surface area contributed by atoms with E-state index in [0.29, 0.717) is 52.6 Å². The van der Waals surface area contributed by atoms with Crippen molar-refractivity contribution in [3.8, 4) is 0 Å². The highest BCUT2D eigenvalue weighted by molar-refractivity contribution is 8.48. The summed E-state index contributed by atoms with van der Waals surface area (Å²) in [6.45, 7) is 5.31. The minimum Gasteiger partial charge on any atom is -0.379 e. The van der Waals surface area contributed by atoms with Gasteiger partial charge in [0, 0.05) is 32.4 Å². The minimum absolute atomic E-state index is 0.624. The SMILES string of the molecule is CS(=O)(=O)P(N1CCOCC1)N1CCOCC1. The second-order valence-corrected chi connectivity index (χ2v) is 10.2. The standard InChI is InChI=1S/C9H19N2O4PS/c1-17(12,13)16(10-2-6-14-7-3-10)11-4-8-15-9-5-11/h2-9H2,1H3. The monoisotopic (exact) mass is 282 g/mol. The highest BCUT2D eigenvalue weighted by Crippen LogP contribution is 2.50. The molecule has 0 aromatic carbocycles. The Morgan fingerprint density at radius 2 is 1.24 bits per heavy atom. The number of nitrogens with zero attached hydrogens (tertiary/aromatic N) is 2. The van der Waals surface area contributed by atoms with E-state index in [1.54, 1.807) is 0 Å². The Morgan fingerprint density at radius 1 is 0.882 bits per heavy atom. The highest BCUT2D eigenvalue weighted by atomic mass is 32.8. The zero-order chi connectivity index (χ0) is 12.3. The van der Waals surface area contributed by atoms with Gasteiger partial charge in [-0.15, -0.1) is 0 Å². The fourth-order valence-electron chi connectivity index (χ4n) is 2.05. The number of hydrogen-bond acceptors (Lipinski definition) is 6. The normalized spacial score (nSPS) is 25.3. The van der Waals surface area contributed by atoms with Crippen LogP contribution in [0.5, 0.6) is 0 Å². The van der Waals surface area contributed by atoms with E-state index in [9.17, 15) is 8.42 Å². The van der Waals surface area contributed by atoms with Gasteiger partial charge >= 0.3 is 0 Å². The van der Waals surface area contributed by atoms with Crippen molar-refractivity contribution in [1.82, 2.24) is 9.34 Å². The Hall–Kier alpha value is 0.220. The average Bonchev–Trinajstić information content (AvgIpc) is 2.30. The van der Waals surface area contributed by atoms with Crippen LogP contribution in [0.15, 0.2) is 0 Å². The maximum Gasteiger partial charge on any atom is 0.193 e. The molecular weight excluding hydrogens is 263 g/mol. The van der Waals surface area contributed by atoms with E-state index in [0.717, 1.165) is 0 Å². The van der Waals surface area contributed by atoms with Crippen LogP contribution in [0.4, 0.5) is 0 Å². The summed E-state index contributed by atoms with van der Waals surface area (Å²) in [6.07, 6.45) is 1.34. The molecule has 0 saturated carbocycles. The van der Waals surface area contributed by atoms with Crippen molar-refractivity contribution in [2.75, 3.05) is 58.9 Å². The van der Waals surface area contributed by atoms with Crippen LogP contribution >= 0.6 is 7.42 Å². The number of morpholine rings is 2. The molecule has 0 aromatic rings. The van der Waals surface area contributed by atoms with Crippen LogP contribution in [-0.2, 0) is 18.9 Å². The van der Waals surface area contributed by atoms with Gasteiger partial charge in [0.15, 0.2) is 16.9 Å². The van der Waals surface area contributed by atoms with Crippen molar-refractivity contribution in [2.24, 2.45) is 0 Å². The fraction of sp³-hybridized carbons (Fsp3) is 1.00. The molecule has 100 valence electrons. The first kappa shape index (κ1) is 13.6. The third-order valence-corrected chi connectivity index (χ3v) is 8.28. The quantitative estimate of drug-likeness (QED) is 0.675. The van der Waals surface area contributed by atoms with Gasteiger partial charge in [-0.25, -0.2) is 8.42 Å². The molecule has 2 heterocycles. The smallest absolute Gasteiger partial charge is 0.193 e. The topological polar surface area (TPSA) is 59.1 Å². The van der Waals surface area contributed by atoms with Gasteiger partial charge in [-0.1, -0.05) is 0 Å². The molecule has 6 nitrogen and oxygen atoms in total. The van der Waals surface area contributed by atoms with Gasteiger partial charge in [-0.05, 0) is 0 Å². The first-order chi connectivity index (χ1) is 8.09. The lowest BCUT2D eigenvalue weighted by atomic mass is 10.5. The van der Waals surface area contributed by atoms with Crippen molar-refractivity contribution in [2.45, 2.75) is 0 Å². The molecule has 2 aliphatic rings. The zero-order valence-corrected chi connectivity index (χ0v) is 11.8. The van der Waals surface area contributed by atoms with Gasteiger partial charge in [-0.2, -0.15) is 0 Å². The third-order valence-electron chi connectivity index (χ3n) is 2.76. The van der Waals surface area contributed by atoms with Crippen LogP contribution in [0, 0.1) is 0 Å². The van der Waals surface area contributed by atoms with Crippen molar-refractivity contribution in [3.63, 3.8) is 0 Å². The van der Waals surface area contributed by atoms with Gasteiger partial charge in [0.25, 0.3) is 0 Å². The maximum atomic E-state index is 12.0. The first-order valence-corrected chi connectivity index (χ1v) is 9.49. The van der Waals surface area contributed by atoms with E-state index in [2.05, 4.69) is 9.34 Å². The molecule has 0 radical (unpaired) electrons. The molecule has 2 fully saturated rings. The van der Waals surface area contributed by atoms with Crippen molar-refractivity contribution in [1.29, 1.82) is 0 Å². The summed E-state index contributed by atoms with van der Waals surface area (Å²) < 4.78 is 38.7. The van der Waals surface area contributed by atoms with Gasteiger partial charge < -0.3 is 9.47 Å². The molecule has 0 amide bonds. The Balaban J connectivity index is 2.11. The van der Waals surface area contributed by atoms with Crippen LogP contribution in [0.1, 0.15) is 0 Å². The molecule has 0 aliphatic carbocycles. The number of rotatable bonds is 3. The lowest BCUT2D eigenvalue weighted by Gasteiger charge is -2.40. The molecule has 2 rings (SSSR count). The maximum absolute atomic E-state index is 12.0. The van der Waals surface area contributed by atoms with Gasteiger partial charge in [-0.3, -0.25) is 9.34 Å². The second kappa shape index (κ2) is 5.91. The Kier molecular flexibility index (Phi) is 4.74. The highest BCUT2D eigenvalue weighted by Gasteiger charge is 2.36. The molecule has 17 heavy (non-hydrogen) atoms. The molecule has 0 aromatic heterocycles. The Labute approximate surface area is 103 Å². The largest absolute Gasteiger partial charge is 0.379 e. The first-order valence-electron chi connectivity index (χ1n) is 5.74. The van der Waals surface area contributed by atoms with Gasteiger partial charge in [0.2, 0.25) is 0 Å². The van der Waals surface area contributed by atoms with Crippen LogP contribution in [0.2, 0.25) is 0 Å². The Morgan fingerprint density at radius 3 is 1.53 bits per heavy atom. The minimum atomic E-state index is -3.06. The lowest BCUT2D eigenvalue weighted by molar-refractivity contribution is 0.0600. The van der Waals surface area contributed by atoms with Crippen molar-refractivity contribution < 1.29 is 17.9 Å². The summed E-state index contributed by atoms with van der Waals surface area (Å²) in [5.74, 6) is 0. The zero-order valence-electron chi connectivity index (χ0n) is 10.0. The van der Waals surface area contributed by atoms with Crippen LogP contribution in [0.25, 0.3) is 0 Å². The molecule has 0 atom stereocenters. The summed E-state index contributed by atoms with van der Waals surface area (Å²) in [6, 6.07) is 0. The predicted molar refractivity (Wildman–Crippen MR) is 66.5 cm³/mol. The lowest BCUT2D eigenvalue weighted by Crippen LogP contribution is -2.42. The molecule has 2 saturated heterocycles. The summed E-state index contributed by atoms with van der Waals surface area (Å²) in [7, 11) is -4.32. The van der Waals surface area contributed by atoms with E-state index in [-0.39, 0.29) is 0 Å². The van der Waals surface area contributed by atoms with E-state index in [1.165, 1.54) is 6.26 Å². The van der Waals surface area contributed by atoms with Crippen molar-refractivity contribution >= 4 is 16.9 Å². The third kappa shape index (κ3) is 3.59. The molecular formula is C9H19N2O4PS. The van der Waals surface area contributed by atoms with Crippen LogP contribution in [-0.4, -0.2) is 76.6 Å². The molecule has 0 N–H and O–H groups in total. The number of ether oxygens (including phenoxy) is 2. The van der Waals surface area contributed by atoms with E-state index < -0.39 is 16.9 Å². The van der Waals surface area contributed by atoms with Gasteiger partial charge in [0.05, 0.1) is 26.4 Å². The van der Waals surface area contributed by atoms with E-state index >= 15 is 0 Å². The Bertz CT molecular complexity index is 321. The van der Waals surface area contributed by atoms with Crippen LogP contribution < -0.4 is 0 Å². The summed E-state index contributed by atoms with van der Waals surface area (Å²) >= 11 is 0. The molecule has 8 heteroatoms.